The lowest BCUT2D eigenvalue weighted by atomic mass is 10.1. The molecule has 0 radical (unpaired) electrons. The van der Waals surface area contributed by atoms with Crippen LogP contribution in [0.5, 0.6) is 0 Å². The number of nitrogens with one attached hydrogen (secondary N) is 2. The maximum Gasteiger partial charge on any atom is 0.357 e. The summed E-state index contributed by atoms with van der Waals surface area (Å²) in [5.41, 5.74) is 1.33. The number of aromatic nitrogens is 4. The molecule has 164 valence electrons. The fourth-order valence-electron chi connectivity index (χ4n) is 3.60. The van der Waals surface area contributed by atoms with Gasteiger partial charge in [0.05, 0.1) is 6.61 Å². The second kappa shape index (κ2) is 8.51. The van der Waals surface area contributed by atoms with Crippen molar-refractivity contribution >= 4 is 28.5 Å². The summed E-state index contributed by atoms with van der Waals surface area (Å²) in [5, 5.41) is 42.8. The molecule has 1 fully saturated rings. The molecular formula is C19H21N5O7. The van der Waals surface area contributed by atoms with Gasteiger partial charge in [-0.1, -0.05) is 6.07 Å². The third-order valence-electron chi connectivity index (χ3n) is 5.20. The quantitative estimate of drug-likeness (QED) is 0.190. The summed E-state index contributed by atoms with van der Waals surface area (Å²) in [4.78, 5) is 34.3. The molecule has 12 nitrogen and oxygen atoms in total. The Balaban J connectivity index is 1.72. The zero-order valence-corrected chi connectivity index (χ0v) is 16.3. The number of carbonyl (C=O) groups excluding carboxylic acids is 1. The average molecular weight is 431 g/mol. The van der Waals surface area contributed by atoms with Crippen molar-refractivity contribution in [2.45, 2.75) is 43.8 Å². The molecule has 0 spiro atoms. The van der Waals surface area contributed by atoms with E-state index in [0.717, 1.165) is 5.56 Å². The maximum absolute atomic E-state index is 12.6. The zero-order chi connectivity index (χ0) is 22.1. The Bertz CT molecular complexity index is 1180. The first kappa shape index (κ1) is 21.1. The predicted octanol–water partition coefficient (Wildman–Crippen LogP) is -3.02. The minimum Gasteiger partial charge on any atom is -0.550 e. The zero-order valence-electron chi connectivity index (χ0n) is 16.3. The third kappa shape index (κ3) is 4.05. The number of nitrogens with zero attached hydrogens (tertiary/aromatic N) is 3. The number of ether oxygens (including phenoxy) is 1. The van der Waals surface area contributed by atoms with Crippen LogP contribution in [-0.2, 0) is 16.0 Å². The number of hydrogen-bond donors (Lipinski definition) is 5. The van der Waals surface area contributed by atoms with Crippen LogP contribution in [0.4, 0.5) is 5.82 Å². The SMILES string of the molecule is O=C([O-])CCCc1ccc2c(=O)[nH]c3c(NC4O[C@H](CO)[C@@H](O)[C@H]4O)ncnc3[n+]2c1. The minimum atomic E-state index is -1.32. The molecule has 4 heterocycles. The summed E-state index contributed by atoms with van der Waals surface area (Å²) < 4.78 is 6.99. The minimum absolute atomic E-state index is 0.0700. The second-order valence-corrected chi connectivity index (χ2v) is 7.30. The Kier molecular flexibility index (Phi) is 5.78. The van der Waals surface area contributed by atoms with E-state index in [1.165, 1.54) is 6.33 Å². The highest BCUT2D eigenvalue weighted by molar-refractivity contribution is 5.80. The summed E-state index contributed by atoms with van der Waals surface area (Å²) in [5.74, 6) is -0.961. The highest BCUT2D eigenvalue weighted by atomic mass is 16.6. The van der Waals surface area contributed by atoms with E-state index in [1.807, 2.05) is 0 Å². The maximum atomic E-state index is 12.6. The molecule has 12 heteroatoms. The van der Waals surface area contributed by atoms with E-state index in [4.69, 9.17) is 4.74 Å². The van der Waals surface area contributed by atoms with Crippen molar-refractivity contribution in [1.82, 2.24) is 15.0 Å². The number of H-pyrrole nitrogens is 1. The first-order valence-electron chi connectivity index (χ1n) is 9.69. The summed E-state index contributed by atoms with van der Waals surface area (Å²) in [6, 6.07) is 3.36. The number of rotatable bonds is 7. The van der Waals surface area contributed by atoms with Crippen LogP contribution in [0.15, 0.2) is 29.5 Å². The standard InChI is InChI=1S/C19H21N5O7/c25-7-11-14(28)15(29)19(31-11)23-16-13-17(21-8-20-16)24-6-9(2-1-3-12(26)27)4-5-10(24)18(30)22-13/h4-6,8,11,14-15,19,25,28-29H,1-3,7H2,(H2,26,27,30)/t11-,14-,15-,19?/m1/s1. The van der Waals surface area contributed by atoms with Crippen molar-refractivity contribution in [2.24, 2.45) is 0 Å². The first-order chi connectivity index (χ1) is 14.9. The highest BCUT2D eigenvalue weighted by Gasteiger charge is 2.42. The Morgan fingerprint density at radius 3 is 2.81 bits per heavy atom. The molecule has 5 N–H and O–H groups in total. The van der Waals surface area contributed by atoms with Crippen LogP contribution in [-0.4, -0.2) is 67.4 Å². The summed E-state index contributed by atoms with van der Waals surface area (Å²) in [6.07, 6.45) is -0.869. The van der Waals surface area contributed by atoms with Crippen molar-refractivity contribution in [2.75, 3.05) is 11.9 Å². The van der Waals surface area contributed by atoms with E-state index in [0.29, 0.717) is 24.0 Å². The highest BCUT2D eigenvalue weighted by Crippen LogP contribution is 2.24. The third-order valence-corrected chi connectivity index (χ3v) is 5.20. The van der Waals surface area contributed by atoms with Crippen molar-refractivity contribution in [3.8, 4) is 0 Å². The van der Waals surface area contributed by atoms with Gasteiger partial charge in [0.1, 0.15) is 24.5 Å². The molecule has 1 aliphatic heterocycles. The number of aliphatic carboxylic acids is 1. The molecule has 1 unspecified atom stereocenters. The van der Waals surface area contributed by atoms with Crippen molar-refractivity contribution in [3.63, 3.8) is 0 Å². The van der Waals surface area contributed by atoms with Gasteiger partial charge >= 0.3 is 5.65 Å². The van der Waals surface area contributed by atoms with Gasteiger partial charge in [0.15, 0.2) is 23.1 Å². The van der Waals surface area contributed by atoms with Crippen LogP contribution in [0.2, 0.25) is 0 Å². The number of hydrogen-bond acceptors (Lipinski definition) is 10. The molecule has 4 rings (SSSR count). The molecule has 1 saturated heterocycles. The Hall–Kier alpha value is -3.19. The van der Waals surface area contributed by atoms with E-state index >= 15 is 0 Å². The smallest absolute Gasteiger partial charge is 0.357 e. The second-order valence-electron chi connectivity index (χ2n) is 7.30. The fraction of sp³-hybridized carbons (Fsp3) is 0.421. The largest absolute Gasteiger partial charge is 0.550 e. The predicted molar refractivity (Wildman–Crippen MR) is 103 cm³/mol. The van der Waals surface area contributed by atoms with Crippen LogP contribution in [0.3, 0.4) is 0 Å². The summed E-state index contributed by atoms with van der Waals surface area (Å²) >= 11 is 0. The Morgan fingerprint density at radius 2 is 2.10 bits per heavy atom. The van der Waals surface area contributed by atoms with Gasteiger partial charge in [-0.3, -0.25) is 4.79 Å². The Morgan fingerprint density at radius 1 is 1.29 bits per heavy atom. The molecule has 4 atom stereocenters. The number of aromatic amines is 1. The Labute approximate surface area is 174 Å². The summed E-state index contributed by atoms with van der Waals surface area (Å²) in [6.45, 7) is -0.473. The van der Waals surface area contributed by atoms with Gasteiger partial charge in [0, 0.05) is 5.97 Å². The molecule has 3 aromatic rings. The van der Waals surface area contributed by atoms with E-state index in [-0.39, 0.29) is 17.8 Å². The average Bonchev–Trinajstić information content (AvgIpc) is 3.02. The molecule has 0 bridgehead atoms. The monoisotopic (exact) mass is 431 g/mol. The van der Waals surface area contributed by atoms with Gasteiger partial charge in [-0.05, 0) is 35.9 Å². The van der Waals surface area contributed by atoms with E-state index in [2.05, 4.69) is 20.3 Å². The van der Waals surface area contributed by atoms with Gasteiger partial charge in [-0.15, -0.1) is 0 Å². The fourth-order valence-corrected chi connectivity index (χ4v) is 3.60. The van der Waals surface area contributed by atoms with Crippen molar-refractivity contribution in [3.05, 3.63) is 40.6 Å². The van der Waals surface area contributed by atoms with E-state index < -0.39 is 42.7 Å². The van der Waals surface area contributed by atoms with Crippen LogP contribution in [0.1, 0.15) is 18.4 Å². The number of aliphatic hydroxyl groups excluding tert-OH is 3. The van der Waals surface area contributed by atoms with Crippen LogP contribution in [0, 0.1) is 0 Å². The molecule has 0 aliphatic carbocycles. The number of carboxylic acids is 1. The molecule has 0 amide bonds. The van der Waals surface area contributed by atoms with Crippen LogP contribution in [0.25, 0.3) is 16.7 Å². The van der Waals surface area contributed by atoms with E-state index in [1.54, 1.807) is 22.7 Å². The number of pyridine rings is 1. The number of aliphatic hydroxyl groups is 3. The van der Waals surface area contributed by atoms with Crippen LogP contribution < -0.4 is 20.4 Å². The molecule has 0 aromatic carbocycles. The molecule has 1 aliphatic rings. The number of carbonyl (C=O) groups is 1. The molecule has 3 aromatic heterocycles. The number of carboxylic acid groups (broad SMARTS) is 1. The van der Waals surface area contributed by atoms with Crippen LogP contribution >= 0.6 is 0 Å². The lowest BCUT2D eigenvalue weighted by Gasteiger charge is -2.16. The van der Waals surface area contributed by atoms with E-state index in [9.17, 15) is 30.0 Å². The topological polar surface area (TPSA) is 185 Å². The van der Waals surface area contributed by atoms with Crippen molar-refractivity contribution < 1.29 is 34.4 Å². The summed E-state index contributed by atoms with van der Waals surface area (Å²) in [7, 11) is 0. The number of fused-ring (bicyclic) bond motifs is 3. The van der Waals surface area contributed by atoms with Gasteiger partial charge in [-0.25, -0.2) is 0 Å². The van der Waals surface area contributed by atoms with Gasteiger partial charge in [0.2, 0.25) is 6.33 Å². The lowest BCUT2D eigenvalue weighted by Crippen LogP contribution is -2.37. The van der Waals surface area contributed by atoms with Gasteiger partial charge < -0.3 is 40.3 Å². The van der Waals surface area contributed by atoms with Crippen molar-refractivity contribution in [1.29, 1.82) is 0 Å². The first-order valence-corrected chi connectivity index (χ1v) is 9.69. The normalized spacial score (nSPS) is 23.5. The molecule has 0 saturated carbocycles. The number of aryl methyl sites for hydroxylation is 1. The molecular weight excluding hydrogens is 410 g/mol. The number of anilines is 1. The molecule has 31 heavy (non-hydrogen) atoms. The van der Waals surface area contributed by atoms with Gasteiger partial charge in [0.25, 0.3) is 5.56 Å². The van der Waals surface area contributed by atoms with Gasteiger partial charge in [-0.2, -0.15) is 9.38 Å². The lowest BCUT2D eigenvalue weighted by molar-refractivity contribution is -0.485.